The van der Waals surface area contributed by atoms with Crippen molar-refractivity contribution < 1.29 is 14.7 Å². The van der Waals surface area contributed by atoms with Crippen LogP contribution in [0.3, 0.4) is 0 Å². The first kappa shape index (κ1) is 31.4. The van der Waals surface area contributed by atoms with Crippen LogP contribution < -0.4 is 10.6 Å². The minimum absolute atomic E-state index is 0.105. The molecule has 1 aromatic heterocycles. The van der Waals surface area contributed by atoms with Crippen LogP contribution in [0.15, 0.2) is 60.1 Å². The number of aliphatic hydroxyl groups excluding tert-OH is 1. The number of aryl methyl sites for hydroxylation is 1. The molecule has 0 radical (unpaired) electrons. The molecular formula is C35H46N4O3S. The quantitative estimate of drug-likeness (QED) is 0.295. The topological polar surface area (TPSA) is 94.6 Å². The molecule has 2 amide bonds. The van der Waals surface area contributed by atoms with E-state index in [-0.39, 0.29) is 42.3 Å². The number of rotatable bonds is 8. The van der Waals surface area contributed by atoms with Gasteiger partial charge in [-0.05, 0) is 67.6 Å². The summed E-state index contributed by atoms with van der Waals surface area (Å²) in [6.45, 7) is 10.3. The Hall–Kier alpha value is -3.07. The summed E-state index contributed by atoms with van der Waals surface area (Å²) in [5, 5.41) is 17.4. The molecular weight excluding hydrogens is 556 g/mol. The number of aromatic nitrogens is 1. The van der Waals surface area contributed by atoms with Crippen LogP contribution in [0.4, 0.5) is 0 Å². The molecule has 230 valence electrons. The van der Waals surface area contributed by atoms with E-state index in [9.17, 15) is 14.7 Å². The molecule has 1 saturated heterocycles. The molecule has 8 heteroatoms. The van der Waals surface area contributed by atoms with Crippen LogP contribution in [0.5, 0.6) is 0 Å². The number of carbonyl (C=O) groups is 2. The van der Waals surface area contributed by atoms with Crippen molar-refractivity contribution in [3.63, 3.8) is 0 Å². The molecule has 0 spiro atoms. The third-order valence-corrected chi connectivity index (χ3v) is 10.1. The fraction of sp³-hybridized carbons (Fsp3) is 0.514. The number of aliphatic hydroxyl groups is 1. The summed E-state index contributed by atoms with van der Waals surface area (Å²) >= 11 is 1.61. The molecule has 1 saturated carbocycles. The van der Waals surface area contributed by atoms with Gasteiger partial charge in [0.25, 0.3) is 0 Å². The van der Waals surface area contributed by atoms with Crippen molar-refractivity contribution in [1.29, 1.82) is 0 Å². The average Bonchev–Trinajstić information content (AvgIpc) is 3.61. The molecule has 3 aromatic rings. The molecule has 3 N–H and O–H groups in total. The largest absolute Gasteiger partial charge is 0.391 e. The summed E-state index contributed by atoms with van der Waals surface area (Å²) in [4.78, 5) is 34.8. The number of thiazole rings is 1. The highest BCUT2D eigenvalue weighted by Crippen LogP contribution is 2.35. The van der Waals surface area contributed by atoms with Gasteiger partial charge < -0.3 is 20.6 Å². The SMILES string of the molecule is Cc1ncsc1-c1ccc([C@H](C)NC(=O)[C@@H]2C[C@@H](O)CN2C(=O)[C@@H](NC2CCC(c3ccccc3)CC2)C(C)(C)C)cc1. The zero-order chi connectivity index (χ0) is 30.7. The van der Waals surface area contributed by atoms with Crippen molar-refractivity contribution in [3.05, 3.63) is 76.9 Å². The Morgan fingerprint density at radius 1 is 1.02 bits per heavy atom. The fourth-order valence-electron chi connectivity index (χ4n) is 6.61. The third-order valence-electron chi connectivity index (χ3n) is 9.16. The van der Waals surface area contributed by atoms with E-state index in [2.05, 4.69) is 78.9 Å². The normalized spacial score (nSPS) is 24.0. The van der Waals surface area contributed by atoms with Gasteiger partial charge in [0.1, 0.15) is 6.04 Å². The van der Waals surface area contributed by atoms with Gasteiger partial charge in [-0.25, -0.2) is 4.98 Å². The van der Waals surface area contributed by atoms with E-state index in [1.54, 1.807) is 16.2 Å². The second-order valence-corrected chi connectivity index (χ2v) is 14.3. The van der Waals surface area contributed by atoms with Crippen molar-refractivity contribution in [2.75, 3.05) is 6.54 Å². The molecule has 0 unspecified atom stereocenters. The summed E-state index contributed by atoms with van der Waals surface area (Å²) in [6, 6.07) is 17.7. The molecule has 43 heavy (non-hydrogen) atoms. The average molecular weight is 603 g/mol. The van der Waals surface area contributed by atoms with Crippen LogP contribution in [0.2, 0.25) is 0 Å². The highest BCUT2D eigenvalue weighted by molar-refractivity contribution is 7.13. The van der Waals surface area contributed by atoms with E-state index in [1.807, 2.05) is 31.5 Å². The number of carbonyl (C=O) groups excluding carboxylic acids is 2. The Labute approximate surface area is 260 Å². The van der Waals surface area contributed by atoms with Gasteiger partial charge in [-0.2, -0.15) is 0 Å². The summed E-state index contributed by atoms with van der Waals surface area (Å²) in [5.74, 6) is 0.224. The maximum absolute atomic E-state index is 14.1. The Morgan fingerprint density at radius 2 is 1.70 bits per heavy atom. The van der Waals surface area contributed by atoms with Gasteiger partial charge in [-0.1, -0.05) is 75.4 Å². The Kier molecular flexibility index (Phi) is 9.69. The predicted molar refractivity (Wildman–Crippen MR) is 173 cm³/mol. The van der Waals surface area contributed by atoms with Crippen molar-refractivity contribution in [1.82, 2.24) is 20.5 Å². The number of nitrogens with one attached hydrogen (secondary N) is 2. The maximum atomic E-state index is 14.1. The predicted octanol–water partition coefficient (Wildman–Crippen LogP) is 5.99. The van der Waals surface area contributed by atoms with E-state index < -0.39 is 18.2 Å². The van der Waals surface area contributed by atoms with Gasteiger partial charge in [-0.15, -0.1) is 11.3 Å². The Balaban J connectivity index is 1.23. The molecule has 0 bridgehead atoms. The lowest BCUT2D eigenvalue weighted by atomic mass is 9.79. The second kappa shape index (κ2) is 13.3. The zero-order valence-electron chi connectivity index (χ0n) is 26.0. The lowest BCUT2D eigenvalue weighted by molar-refractivity contribution is -0.142. The molecule has 2 fully saturated rings. The first-order valence-electron chi connectivity index (χ1n) is 15.6. The molecule has 1 aliphatic carbocycles. The van der Waals surface area contributed by atoms with E-state index >= 15 is 0 Å². The first-order chi connectivity index (χ1) is 20.5. The zero-order valence-corrected chi connectivity index (χ0v) is 26.9. The number of hydrogen-bond acceptors (Lipinski definition) is 6. The van der Waals surface area contributed by atoms with Crippen LogP contribution in [-0.4, -0.2) is 57.6 Å². The van der Waals surface area contributed by atoms with Gasteiger partial charge in [0.05, 0.1) is 34.3 Å². The van der Waals surface area contributed by atoms with Gasteiger partial charge >= 0.3 is 0 Å². The minimum atomic E-state index is -0.723. The standard InChI is InChI=1S/C35H46N4O3S/c1-22(24-11-13-27(14-12-24)31-23(2)36-21-43-31)37-33(41)30-19-29(40)20-39(30)34(42)32(35(3,4)5)38-28-17-15-26(16-18-28)25-9-7-6-8-10-25/h6-14,21-22,26,28-30,32,38,40H,15-20H2,1-5H3,(H,37,41)/t22-,26?,28?,29+,30-,32+/m0/s1. The van der Waals surface area contributed by atoms with E-state index in [0.29, 0.717) is 5.92 Å². The van der Waals surface area contributed by atoms with Crippen molar-refractivity contribution >= 4 is 23.2 Å². The third kappa shape index (κ3) is 7.36. The number of hydrogen-bond donors (Lipinski definition) is 3. The molecule has 4 atom stereocenters. The van der Waals surface area contributed by atoms with Crippen LogP contribution in [0.25, 0.3) is 10.4 Å². The number of benzene rings is 2. The lowest BCUT2D eigenvalue weighted by Crippen LogP contribution is -2.58. The van der Waals surface area contributed by atoms with Gasteiger partial charge in [-0.3, -0.25) is 9.59 Å². The molecule has 2 aliphatic rings. The lowest BCUT2D eigenvalue weighted by Gasteiger charge is -2.39. The molecule has 2 heterocycles. The van der Waals surface area contributed by atoms with Crippen molar-refractivity contribution in [3.8, 4) is 10.4 Å². The Bertz CT molecular complexity index is 1380. The van der Waals surface area contributed by atoms with Gasteiger partial charge in [0.15, 0.2) is 0 Å². The molecule has 2 aromatic carbocycles. The van der Waals surface area contributed by atoms with Crippen LogP contribution >= 0.6 is 11.3 Å². The van der Waals surface area contributed by atoms with Crippen LogP contribution in [0.1, 0.15) is 88.6 Å². The first-order valence-corrected chi connectivity index (χ1v) is 16.5. The van der Waals surface area contributed by atoms with Gasteiger partial charge in [0.2, 0.25) is 11.8 Å². The highest BCUT2D eigenvalue weighted by atomic mass is 32.1. The number of amides is 2. The molecule has 7 nitrogen and oxygen atoms in total. The summed E-state index contributed by atoms with van der Waals surface area (Å²) in [6.07, 6.45) is 3.70. The summed E-state index contributed by atoms with van der Waals surface area (Å²) in [5.41, 5.74) is 5.98. The number of β-amino-alcohol motifs (C(OH)–C–C–N with tert-alkyl or cyclic N) is 1. The highest BCUT2D eigenvalue weighted by Gasteiger charge is 2.44. The van der Waals surface area contributed by atoms with E-state index in [1.165, 1.54) is 5.56 Å². The second-order valence-electron chi connectivity index (χ2n) is 13.4. The van der Waals surface area contributed by atoms with Gasteiger partial charge in [0, 0.05) is 19.0 Å². The minimum Gasteiger partial charge on any atom is -0.391 e. The molecule has 5 rings (SSSR count). The van der Waals surface area contributed by atoms with Crippen molar-refractivity contribution in [2.24, 2.45) is 5.41 Å². The maximum Gasteiger partial charge on any atom is 0.243 e. The summed E-state index contributed by atoms with van der Waals surface area (Å²) < 4.78 is 0. The van der Waals surface area contributed by atoms with Crippen LogP contribution in [-0.2, 0) is 9.59 Å². The van der Waals surface area contributed by atoms with E-state index in [4.69, 9.17) is 0 Å². The summed E-state index contributed by atoms with van der Waals surface area (Å²) in [7, 11) is 0. The molecule has 1 aliphatic heterocycles. The smallest absolute Gasteiger partial charge is 0.243 e. The monoisotopic (exact) mass is 602 g/mol. The van der Waals surface area contributed by atoms with Crippen molar-refractivity contribution in [2.45, 2.75) is 103 Å². The van der Waals surface area contributed by atoms with E-state index in [0.717, 1.165) is 47.4 Å². The van der Waals surface area contributed by atoms with Crippen LogP contribution in [0, 0.1) is 12.3 Å². The fourth-order valence-corrected chi connectivity index (χ4v) is 7.42. The Morgan fingerprint density at radius 3 is 2.30 bits per heavy atom. The number of likely N-dealkylation sites (tertiary alicyclic amines) is 1. The number of nitrogens with zero attached hydrogens (tertiary/aromatic N) is 2.